The third-order valence-corrected chi connectivity index (χ3v) is 4.49. The molecule has 146 valence electrons. The molecule has 7 nitrogen and oxygen atoms in total. The van der Waals surface area contributed by atoms with Gasteiger partial charge in [0, 0.05) is 37.1 Å². The molecule has 2 aromatic carbocycles. The van der Waals surface area contributed by atoms with Crippen LogP contribution in [0.15, 0.2) is 48.7 Å². The van der Waals surface area contributed by atoms with E-state index in [0.717, 1.165) is 5.69 Å². The molecule has 0 bridgehead atoms. The Morgan fingerprint density at radius 3 is 2.36 bits per heavy atom. The molecule has 28 heavy (non-hydrogen) atoms. The minimum Gasteiger partial charge on any atom is -0.508 e. The summed E-state index contributed by atoms with van der Waals surface area (Å²) in [6, 6.07) is 12.4. The van der Waals surface area contributed by atoms with E-state index in [2.05, 4.69) is 0 Å². The molecule has 0 saturated carbocycles. The fourth-order valence-corrected chi connectivity index (χ4v) is 3.41. The Kier molecular flexibility index (Phi) is 4.87. The van der Waals surface area contributed by atoms with E-state index >= 15 is 0 Å². The van der Waals surface area contributed by atoms with E-state index in [-0.39, 0.29) is 16.4 Å². The highest BCUT2D eigenvalue weighted by molar-refractivity contribution is 5.99. The number of phenols is 1. The molecule has 3 N–H and O–H groups in total. The molecule has 0 aliphatic heterocycles. The van der Waals surface area contributed by atoms with Gasteiger partial charge in [-0.15, -0.1) is 0 Å². The van der Waals surface area contributed by atoms with Crippen LogP contribution in [0.3, 0.4) is 0 Å². The van der Waals surface area contributed by atoms with Crippen LogP contribution in [0.1, 0.15) is 25.1 Å². The van der Waals surface area contributed by atoms with Crippen LogP contribution in [0.2, 0.25) is 0 Å². The summed E-state index contributed by atoms with van der Waals surface area (Å²) in [7, 11) is 3.69. The monoisotopic (exact) mass is 380 g/mol. The van der Waals surface area contributed by atoms with E-state index in [0.29, 0.717) is 22.2 Å². The predicted molar refractivity (Wildman–Crippen MR) is 112 cm³/mol. The van der Waals surface area contributed by atoms with Crippen LogP contribution in [-0.2, 0) is 5.54 Å². The van der Waals surface area contributed by atoms with E-state index in [1.807, 2.05) is 49.3 Å². The van der Waals surface area contributed by atoms with Gasteiger partial charge in [-0.05, 0) is 44.2 Å². The molecule has 0 aliphatic carbocycles. The average Bonchev–Trinajstić information content (AvgIpc) is 2.93. The Hall–Kier alpha value is -3.32. The van der Waals surface area contributed by atoms with Gasteiger partial charge in [-0.1, -0.05) is 18.2 Å². The molecular formula is C21H24N4O3. The number of hydrogen-bond acceptors (Lipinski definition) is 5. The largest absolute Gasteiger partial charge is 0.508 e. The zero-order valence-electron chi connectivity index (χ0n) is 16.4. The number of nitrogens with zero attached hydrogens (tertiary/aromatic N) is 3. The molecule has 0 spiro atoms. The Labute approximate surface area is 163 Å². The Balaban J connectivity index is 2.59. The summed E-state index contributed by atoms with van der Waals surface area (Å²) in [4.78, 5) is 13.4. The van der Waals surface area contributed by atoms with Crippen molar-refractivity contribution in [2.75, 3.05) is 14.1 Å². The smallest absolute Gasteiger partial charge is 0.302 e. The topological polar surface area (TPSA) is 97.6 Å². The summed E-state index contributed by atoms with van der Waals surface area (Å²) in [6.45, 7) is 3.54. The number of rotatable bonds is 5. The molecule has 0 unspecified atom stereocenters. The first-order chi connectivity index (χ1) is 13.1. The first-order valence-corrected chi connectivity index (χ1v) is 8.87. The molecule has 1 aromatic heterocycles. The number of nitrogens with two attached hydrogens (primary N) is 1. The fraction of sp³-hybridized carbons (Fsp3) is 0.238. The van der Waals surface area contributed by atoms with Gasteiger partial charge in [-0.25, -0.2) is 0 Å². The normalized spacial score (nSPS) is 12.0. The van der Waals surface area contributed by atoms with Crippen LogP contribution in [-0.4, -0.2) is 33.6 Å². The van der Waals surface area contributed by atoms with Gasteiger partial charge in [0.15, 0.2) is 0 Å². The van der Waals surface area contributed by atoms with Crippen LogP contribution in [0.5, 0.6) is 5.75 Å². The second-order valence-corrected chi connectivity index (χ2v) is 7.52. The van der Waals surface area contributed by atoms with Gasteiger partial charge in [0.2, 0.25) is 0 Å². The number of benzene rings is 2. The molecule has 1 heterocycles. The Morgan fingerprint density at radius 1 is 1.18 bits per heavy atom. The Bertz CT molecular complexity index is 1060. The van der Waals surface area contributed by atoms with Gasteiger partial charge < -0.3 is 20.3 Å². The molecular weight excluding hydrogens is 356 g/mol. The van der Waals surface area contributed by atoms with Crippen molar-refractivity contribution in [3.63, 3.8) is 0 Å². The van der Waals surface area contributed by atoms with Crippen LogP contribution in [0.25, 0.3) is 22.7 Å². The van der Waals surface area contributed by atoms with Crippen LogP contribution in [0, 0.1) is 10.1 Å². The third-order valence-electron chi connectivity index (χ3n) is 4.49. The predicted octanol–water partition coefficient (Wildman–Crippen LogP) is 3.97. The summed E-state index contributed by atoms with van der Waals surface area (Å²) in [5, 5.41) is 23.0. The van der Waals surface area contributed by atoms with Gasteiger partial charge in [-0.3, -0.25) is 10.1 Å². The molecule has 3 rings (SSSR count). The number of para-hydroxylation sites is 1. The highest BCUT2D eigenvalue weighted by Crippen LogP contribution is 2.43. The van der Waals surface area contributed by atoms with Crippen molar-refractivity contribution < 1.29 is 10.0 Å². The molecule has 0 aliphatic rings. The third kappa shape index (κ3) is 3.32. The van der Waals surface area contributed by atoms with Gasteiger partial charge in [0.25, 0.3) is 0 Å². The number of fused-ring (bicyclic) bond motifs is 1. The van der Waals surface area contributed by atoms with Crippen molar-refractivity contribution in [1.29, 1.82) is 0 Å². The molecule has 0 atom stereocenters. The zero-order valence-corrected chi connectivity index (χ0v) is 16.4. The first-order valence-electron chi connectivity index (χ1n) is 8.87. The van der Waals surface area contributed by atoms with E-state index in [1.165, 1.54) is 6.07 Å². The van der Waals surface area contributed by atoms with E-state index in [4.69, 9.17) is 5.73 Å². The summed E-state index contributed by atoms with van der Waals surface area (Å²) in [5.74, 6) is 0.00715. The molecule has 0 saturated heterocycles. The van der Waals surface area contributed by atoms with Crippen molar-refractivity contribution in [2.45, 2.75) is 19.4 Å². The number of aromatic hydroxyl groups is 1. The quantitative estimate of drug-likeness (QED) is 0.515. The highest BCUT2D eigenvalue weighted by Gasteiger charge is 2.32. The minimum absolute atomic E-state index is 0.00715. The molecule has 0 radical (unpaired) electrons. The van der Waals surface area contributed by atoms with E-state index in [9.17, 15) is 15.2 Å². The SMILES string of the molecule is CN(C)C=Cc1c([N+](=O)[O-])c2ccc(O)c(C(C)(C)N)c2n1-c1ccccc1. The zero-order chi connectivity index (χ0) is 20.6. The lowest BCUT2D eigenvalue weighted by atomic mass is 9.92. The highest BCUT2D eigenvalue weighted by atomic mass is 16.6. The van der Waals surface area contributed by atoms with Crippen molar-refractivity contribution in [1.82, 2.24) is 9.47 Å². The van der Waals surface area contributed by atoms with E-state index in [1.54, 1.807) is 36.8 Å². The maximum Gasteiger partial charge on any atom is 0.302 e. The Morgan fingerprint density at radius 2 is 1.82 bits per heavy atom. The van der Waals surface area contributed by atoms with Crippen molar-refractivity contribution in [3.05, 3.63) is 70.0 Å². The maximum absolute atomic E-state index is 12.0. The van der Waals surface area contributed by atoms with E-state index < -0.39 is 5.54 Å². The summed E-state index contributed by atoms with van der Waals surface area (Å²) in [6.07, 6.45) is 3.46. The summed E-state index contributed by atoms with van der Waals surface area (Å²) in [5.41, 5.74) is 7.57. The molecule has 0 fully saturated rings. The van der Waals surface area contributed by atoms with Crippen molar-refractivity contribution >= 4 is 22.7 Å². The van der Waals surface area contributed by atoms with Gasteiger partial charge in [0.1, 0.15) is 11.4 Å². The van der Waals surface area contributed by atoms with Gasteiger partial charge in [0.05, 0.1) is 15.8 Å². The number of phenolic OH excluding ortho intramolecular Hbond substituents is 1. The lowest BCUT2D eigenvalue weighted by Gasteiger charge is -2.23. The van der Waals surface area contributed by atoms with Crippen molar-refractivity contribution in [3.8, 4) is 11.4 Å². The molecule has 7 heteroatoms. The van der Waals surface area contributed by atoms with Crippen LogP contribution >= 0.6 is 0 Å². The fourth-order valence-electron chi connectivity index (χ4n) is 3.41. The second-order valence-electron chi connectivity index (χ2n) is 7.52. The van der Waals surface area contributed by atoms with Crippen LogP contribution in [0.4, 0.5) is 5.69 Å². The number of nitro groups is 1. The van der Waals surface area contributed by atoms with Crippen LogP contribution < -0.4 is 5.73 Å². The average molecular weight is 380 g/mol. The first kappa shape index (κ1) is 19.4. The van der Waals surface area contributed by atoms with Gasteiger partial charge in [-0.2, -0.15) is 0 Å². The molecule has 0 amide bonds. The minimum atomic E-state index is -0.912. The van der Waals surface area contributed by atoms with Crippen molar-refractivity contribution in [2.24, 2.45) is 5.73 Å². The number of aromatic nitrogens is 1. The lowest BCUT2D eigenvalue weighted by molar-refractivity contribution is -0.383. The summed E-state index contributed by atoms with van der Waals surface area (Å²) >= 11 is 0. The molecule has 3 aromatic rings. The standard InChI is InChI=1S/C21H24N4O3/c1-21(2,22)18-17(26)11-10-15-19(25(27)28)16(12-13-23(3)4)24(20(15)18)14-8-6-5-7-9-14/h5-13,26H,22H2,1-4H3. The maximum atomic E-state index is 12.0. The van der Waals surface area contributed by atoms with Gasteiger partial charge >= 0.3 is 5.69 Å². The second kappa shape index (κ2) is 7.01. The summed E-state index contributed by atoms with van der Waals surface area (Å²) < 4.78 is 1.79. The lowest BCUT2D eigenvalue weighted by Crippen LogP contribution is -2.29. The number of hydrogen-bond donors (Lipinski definition) is 2.